The van der Waals surface area contributed by atoms with Gasteiger partial charge in [0, 0.05) is 6.21 Å². The summed E-state index contributed by atoms with van der Waals surface area (Å²) in [7, 11) is 1.56. The van der Waals surface area contributed by atoms with Gasteiger partial charge in [-0.15, -0.1) is 0 Å². The Bertz CT molecular complexity index is 603. The smallest absolute Gasteiger partial charge is 0.416 e. The standard InChI is InChI=1S/C15H12F3NO/c1-20-14-7-5-13(6-8-14)19-10-11-3-2-4-12(9-11)15(16,17)18/h2-10H,1H3/b19-10+. The van der Waals surface area contributed by atoms with Crippen LogP contribution in [0.4, 0.5) is 18.9 Å². The highest BCUT2D eigenvalue weighted by atomic mass is 19.4. The molecule has 0 saturated heterocycles. The molecule has 2 aromatic carbocycles. The highest BCUT2D eigenvalue weighted by Crippen LogP contribution is 2.29. The molecule has 0 spiro atoms. The molecule has 0 bridgehead atoms. The second-order valence-electron chi connectivity index (χ2n) is 4.08. The first-order valence-corrected chi connectivity index (χ1v) is 5.84. The van der Waals surface area contributed by atoms with E-state index in [1.165, 1.54) is 12.3 Å². The van der Waals surface area contributed by atoms with Crippen molar-refractivity contribution < 1.29 is 17.9 Å². The van der Waals surface area contributed by atoms with Crippen molar-refractivity contribution in [2.75, 3.05) is 7.11 Å². The van der Waals surface area contributed by atoms with E-state index in [9.17, 15) is 13.2 Å². The Kier molecular flexibility index (Phi) is 4.08. The van der Waals surface area contributed by atoms with Crippen LogP contribution in [-0.4, -0.2) is 13.3 Å². The number of methoxy groups -OCH3 is 1. The zero-order chi connectivity index (χ0) is 14.6. The maximum atomic E-state index is 12.6. The Morgan fingerprint density at radius 1 is 1.05 bits per heavy atom. The number of nitrogens with zero attached hydrogens (tertiary/aromatic N) is 1. The Balaban J connectivity index is 2.18. The lowest BCUT2D eigenvalue weighted by Crippen LogP contribution is -2.04. The van der Waals surface area contributed by atoms with Crippen LogP contribution >= 0.6 is 0 Å². The summed E-state index contributed by atoms with van der Waals surface area (Å²) in [5.41, 5.74) is 0.357. The fourth-order valence-corrected chi connectivity index (χ4v) is 1.61. The van der Waals surface area contributed by atoms with Gasteiger partial charge in [0.25, 0.3) is 0 Å². The second kappa shape index (κ2) is 5.77. The van der Waals surface area contributed by atoms with Gasteiger partial charge in [0.15, 0.2) is 0 Å². The first-order chi connectivity index (χ1) is 9.49. The fourth-order valence-electron chi connectivity index (χ4n) is 1.61. The van der Waals surface area contributed by atoms with Crippen molar-refractivity contribution in [1.82, 2.24) is 0 Å². The number of rotatable bonds is 3. The molecular formula is C15H12F3NO. The molecule has 0 heterocycles. The summed E-state index contributed by atoms with van der Waals surface area (Å²) in [6.07, 6.45) is -2.94. The molecule has 0 aromatic heterocycles. The van der Waals surface area contributed by atoms with Crippen molar-refractivity contribution in [2.45, 2.75) is 6.18 Å². The number of aliphatic imine (C=N–C) groups is 1. The van der Waals surface area contributed by atoms with E-state index < -0.39 is 11.7 Å². The second-order valence-corrected chi connectivity index (χ2v) is 4.08. The number of ether oxygens (including phenoxy) is 1. The number of benzene rings is 2. The summed E-state index contributed by atoms with van der Waals surface area (Å²) < 4.78 is 42.7. The first-order valence-electron chi connectivity index (χ1n) is 5.84. The molecule has 2 aromatic rings. The van der Waals surface area contributed by atoms with E-state index in [0.29, 0.717) is 17.0 Å². The molecule has 0 radical (unpaired) electrons. The molecule has 0 fully saturated rings. The predicted octanol–water partition coefficient (Wildman–Crippen LogP) is 4.46. The van der Waals surface area contributed by atoms with Gasteiger partial charge in [-0.25, -0.2) is 0 Å². The lowest BCUT2D eigenvalue weighted by Gasteiger charge is -2.06. The maximum Gasteiger partial charge on any atom is 0.416 e. The van der Waals surface area contributed by atoms with Gasteiger partial charge in [-0.3, -0.25) is 4.99 Å². The van der Waals surface area contributed by atoms with Crippen LogP contribution in [0.1, 0.15) is 11.1 Å². The van der Waals surface area contributed by atoms with Gasteiger partial charge >= 0.3 is 6.18 Å². The van der Waals surface area contributed by atoms with Crippen LogP contribution < -0.4 is 4.74 Å². The molecule has 0 N–H and O–H groups in total. The average molecular weight is 279 g/mol. The molecule has 0 saturated carbocycles. The van der Waals surface area contributed by atoms with Crippen molar-refractivity contribution in [1.29, 1.82) is 0 Å². The van der Waals surface area contributed by atoms with Gasteiger partial charge in [0.2, 0.25) is 0 Å². The van der Waals surface area contributed by atoms with Crippen LogP contribution in [0.3, 0.4) is 0 Å². The summed E-state index contributed by atoms with van der Waals surface area (Å²) in [4.78, 5) is 4.13. The number of hydrogen-bond acceptors (Lipinski definition) is 2. The quantitative estimate of drug-likeness (QED) is 0.760. The molecular weight excluding hydrogens is 267 g/mol. The molecule has 0 aliphatic rings. The molecule has 2 nitrogen and oxygen atoms in total. The number of alkyl halides is 3. The van der Waals surface area contributed by atoms with Gasteiger partial charge in [0.1, 0.15) is 5.75 Å². The minimum atomic E-state index is -4.34. The fraction of sp³-hybridized carbons (Fsp3) is 0.133. The third-order valence-corrected chi connectivity index (χ3v) is 2.65. The van der Waals surface area contributed by atoms with Crippen LogP contribution in [0.15, 0.2) is 53.5 Å². The van der Waals surface area contributed by atoms with Crippen molar-refractivity contribution in [3.05, 3.63) is 59.7 Å². The monoisotopic (exact) mass is 279 g/mol. The Morgan fingerprint density at radius 2 is 1.75 bits per heavy atom. The van der Waals surface area contributed by atoms with Gasteiger partial charge in [-0.05, 0) is 42.0 Å². The van der Waals surface area contributed by atoms with E-state index in [4.69, 9.17) is 4.74 Å². The van der Waals surface area contributed by atoms with Crippen LogP contribution in [0.5, 0.6) is 5.75 Å². The van der Waals surface area contributed by atoms with Crippen LogP contribution in [-0.2, 0) is 6.18 Å². The molecule has 2 rings (SSSR count). The summed E-state index contributed by atoms with van der Waals surface area (Å²) in [6, 6.07) is 11.9. The molecule has 0 unspecified atom stereocenters. The van der Waals surface area contributed by atoms with E-state index in [-0.39, 0.29) is 0 Å². The summed E-state index contributed by atoms with van der Waals surface area (Å²) >= 11 is 0. The van der Waals surface area contributed by atoms with Gasteiger partial charge in [0.05, 0.1) is 18.4 Å². The lowest BCUT2D eigenvalue weighted by atomic mass is 10.1. The number of halogens is 3. The van der Waals surface area contributed by atoms with Crippen molar-refractivity contribution in [3.8, 4) is 5.75 Å². The van der Waals surface area contributed by atoms with Gasteiger partial charge in [-0.2, -0.15) is 13.2 Å². The minimum Gasteiger partial charge on any atom is -0.497 e. The van der Waals surface area contributed by atoms with Crippen molar-refractivity contribution in [2.24, 2.45) is 4.99 Å². The Hall–Kier alpha value is -2.30. The molecule has 0 amide bonds. The summed E-state index contributed by atoms with van der Waals surface area (Å²) in [5, 5.41) is 0. The van der Waals surface area contributed by atoms with Crippen LogP contribution in [0.25, 0.3) is 0 Å². The Morgan fingerprint density at radius 3 is 2.35 bits per heavy atom. The van der Waals surface area contributed by atoms with E-state index in [0.717, 1.165) is 12.1 Å². The van der Waals surface area contributed by atoms with Crippen LogP contribution in [0, 0.1) is 0 Å². The van der Waals surface area contributed by atoms with Gasteiger partial charge in [-0.1, -0.05) is 12.1 Å². The largest absolute Gasteiger partial charge is 0.497 e. The van der Waals surface area contributed by atoms with E-state index in [1.54, 1.807) is 37.4 Å². The minimum absolute atomic E-state index is 0.399. The van der Waals surface area contributed by atoms with E-state index in [1.807, 2.05) is 0 Å². The lowest BCUT2D eigenvalue weighted by molar-refractivity contribution is -0.137. The number of hydrogen-bond donors (Lipinski definition) is 0. The maximum absolute atomic E-state index is 12.6. The van der Waals surface area contributed by atoms with Crippen molar-refractivity contribution >= 4 is 11.9 Å². The highest BCUT2D eigenvalue weighted by molar-refractivity contribution is 5.82. The van der Waals surface area contributed by atoms with Gasteiger partial charge < -0.3 is 4.74 Å². The third-order valence-electron chi connectivity index (χ3n) is 2.65. The molecule has 20 heavy (non-hydrogen) atoms. The molecule has 0 aliphatic heterocycles. The predicted molar refractivity (Wildman–Crippen MR) is 71.7 cm³/mol. The highest BCUT2D eigenvalue weighted by Gasteiger charge is 2.30. The van der Waals surface area contributed by atoms with E-state index >= 15 is 0 Å². The molecule has 0 aliphatic carbocycles. The normalized spacial score (nSPS) is 11.8. The van der Waals surface area contributed by atoms with E-state index in [2.05, 4.69) is 4.99 Å². The zero-order valence-electron chi connectivity index (χ0n) is 10.7. The summed E-state index contributed by atoms with van der Waals surface area (Å²) in [6.45, 7) is 0. The molecule has 0 atom stereocenters. The molecule has 104 valence electrons. The SMILES string of the molecule is COc1ccc(/N=C/c2cccc(C(F)(F)F)c2)cc1. The third kappa shape index (κ3) is 3.60. The van der Waals surface area contributed by atoms with Crippen LogP contribution in [0.2, 0.25) is 0 Å². The topological polar surface area (TPSA) is 21.6 Å². The Labute approximate surface area is 114 Å². The summed E-state index contributed by atoms with van der Waals surface area (Å²) in [5.74, 6) is 0.697. The molecule has 5 heteroatoms. The van der Waals surface area contributed by atoms with Crippen molar-refractivity contribution in [3.63, 3.8) is 0 Å². The average Bonchev–Trinajstić information content (AvgIpc) is 2.45. The zero-order valence-corrected chi connectivity index (χ0v) is 10.7. The first kappa shape index (κ1) is 14.1.